The molecule has 0 atom stereocenters. The van der Waals surface area contributed by atoms with Gasteiger partial charge < -0.3 is 9.84 Å². The number of carbonyl (C=O) groups excluding carboxylic acids is 1. The number of carbonyl (C=O) groups is 2. The number of rotatable bonds is 7. The normalized spacial score (nSPS) is 10.7. The highest BCUT2D eigenvalue weighted by Crippen LogP contribution is 2.26. The quantitative estimate of drug-likeness (QED) is 0.459. The van der Waals surface area contributed by atoms with Gasteiger partial charge in [-0.1, -0.05) is 36.4 Å². The first-order chi connectivity index (χ1) is 15.1. The molecule has 6 nitrogen and oxygen atoms in total. The smallest absolute Gasteiger partial charge is 0.303 e. The van der Waals surface area contributed by atoms with Gasteiger partial charge in [0, 0.05) is 23.2 Å². The van der Waals surface area contributed by atoms with Crippen molar-refractivity contribution in [1.82, 2.24) is 4.68 Å². The molecule has 0 bridgehead atoms. The van der Waals surface area contributed by atoms with E-state index in [0.717, 1.165) is 27.8 Å². The Kier molecular flexibility index (Phi) is 5.71. The highest BCUT2D eigenvalue weighted by atomic mass is 16.5. The molecular formula is C25H22N2O4. The van der Waals surface area contributed by atoms with E-state index in [1.807, 2.05) is 72.8 Å². The Hall–Kier alpha value is -4.06. The van der Waals surface area contributed by atoms with Crippen molar-refractivity contribution in [2.24, 2.45) is 0 Å². The van der Waals surface area contributed by atoms with Crippen LogP contribution in [-0.4, -0.2) is 28.8 Å². The number of aryl methyl sites for hydroxylation is 1. The molecule has 1 aromatic heterocycles. The summed E-state index contributed by atoms with van der Waals surface area (Å²) in [7, 11) is 1.60. The van der Waals surface area contributed by atoms with Crippen molar-refractivity contribution < 1.29 is 19.4 Å². The minimum Gasteiger partial charge on any atom is -0.497 e. The highest BCUT2D eigenvalue weighted by Gasteiger charge is 2.16. The fourth-order valence-corrected chi connectivity index (χ4v) is 3.61. The molecule has 2 N–H and O–H groups in total. The predicted octanol–water partition coefficient (Wildman–Crippen LogP) is 4.72. The maximum Gasteiger partial charge on any atom is 0.303 e. The zero-order valence-corrected chi connectivity index (χ0v) is 17.0. The topological polar surface area (TPSA) is 80.6 Å². The number of aliphatic carboxylic acids is 1. The second-order valence-electron chi connectivity index (χ2n) is 7.14. The van der Waals surface area contributed by atoms with Crippen LogP contribution in [-0.2, 0) is 11.2 Å². The summed E-state index contributed by atoms with van der Waals surface area (Å²) in [6.45, 7) is 0. The number of carboxylic acid groups (broad SMARTS) is 1. The van der Waals surface area contributed by atoms with Crippen molar-refractivity contribution in [2.45, 2.75) is 12.8 Å². The van der Waals surface area contributed by atoms with Gasteiger partial charge in [0.2, 0.25) is 0 Å². The Balaban J connectivity index is 1.73. The van der Waals surface area contributed by atoms with E-state index in [9.17, 15) is 9.59 Å². The van der Waals surface area contributed by atoms with E-state index >= 15 is 0 Å². The van der Waals surface area contributed by atoms with Crippen molar-refractivity contribution in [3.8, 4) is 17.0 Å². The van der Waals surface area contributed by atoms with Gasteiger partial charge in [0.1, 0.15) is 5.75 Å². The molecule has 0 spiro atoms. The van der Waals surface area contributed by atoms with E-state index in [0.29, 0.717) is 17.7 Å². The summed E-state index contributed by atoms with van der Waals surface area (Å²) in [6.07, 6.45) is 0.261. The Labute approximate surface area is 179 Å². The van der Waals surface area contributed by atoms with Gasteiger partial charge in [-0.25, -0.2) is 0 Å². The minimum absolute atomic E-state index is 0.0315. The molecule has 156 valence electrons. The monoisotopic (exact) mass is 414 g/mol. The first kappa shape index (κ1) is 20.2. The highest BCUT2D eigenvalue weighted by molar-refractivity contribution is 6.10. The van der Waals surface area contributed by atoms with Crippen LogP contribution in [0.5, 0.6) is 5.75 Å². The largest absolute Gasteiger partial charge is 0.497 e. The number of hydrogen-bond donors (Lipinski definition) is 2. The summed E-state index contributed by atoms with van der Waals surface area (Å²) in [4.78, 5) is 24.3. The van der Waals surface area contributed by atoms with E-state index in [1.54, 1.807) is 17.9 Å². The summed E-state index contributed by atoms with van der Waals surface area (Å²) in [5, 5.41) is 10.9. The number of fused-ring (bicyclic) bond motifs is 1. The summed E-state index contributed by atoms with van der Waals surface area (Å²) in [6, 6.07) is 24.5. The first-order valence-corrected chi connectivity index (χ1v) is 9.93. The van der Waals surface area contributed by atoms with Crippen molar-refractivity contribution >= 4 is 22.6 Å². The van der Waals surface area contributed by atoms with E-state index in [4.69, 9.17) is 9.84 Å². The van der Waals surface area contributed by atoms with Gasteiger partial charge in [0.15, 0.2) is 0 Å². The molecular weight excluding hydrogens is 392 g/mol. The van der Waals surface area contributed by atoms with Crippen LogP contribution < -0.4 is 10.2 Å². The molecule has 4 rings (SSSR count). The molecule has 1 heterocycles. The number of aromatic nitrogens is 1. The van der Waals surface area contributed by atoms with Crippen LogP contribution in [0.15, 0.2) is 78.9 Å². The van der Waals surface area contributed by atoms with Crippen LogP contribution in [0, 0.1) is 0 Å². The van der Waals surface area contributed by atoms with Gasteiger partial charge >= 0.3 is 5.97 Å². The number of carboxylic acids is 1. The zero-order chi connectivity index (χ0) is 21.8. The van der Waals surface area contributed by atoms with Gasteiger partial charge in [-0.15, -0.1) is 0 Å². The molecule has 0 saturated heterocycles. The van der Waals surface area contributed by atoms with Gasteiger partial charge in [0.25, 0.3) is 5.91 Å². The van der Waals surface area contributed by atoms with Crippen LogP contribution in [0.25, 0.3) is 22.0 Å². The lowest BCUT2D eigenvalue weighted by Gasteiger charge is -2.16. The summed E-state index contributed by atoms with van der Waals surface area (Å²) in [5.74, 6) is -0.425. The van der Waals surface area contributed by atoms with E-state index in [-0.39, 0.29) is 12.3 Å². The third kappa shape index (κ3) is 4.28. The number of benzene rings is 3. The molecule has 0 radical (unpaired) electrons. The van der Waals surface area contributed by atoms with Crippen molar-refractivity contribution in [3.63, 3.8) is 0 Å². The number of amides is 1. The molecule has 0 saturated carbocycles. The SMILES string of the molecule is COc1ccc(-c2ccc(CCC(=O)O)n2NC(=O)c2cccc3ccccc23)cc1. The van der Waals surface area contributed by atoms with Crippen molar-refractivity contribution in [3.05, 3.63) is 90.1 Å². The van der Waals surface area contributed by atoms with Gasteiger partial charge in [-0.2, -0.15) is 0 Å². The van der Waals surface area contributed by atoms with Crippen LogP contribution in [0.3, 0.4) is 0 Å². The van der Waals surface area contributed by atoms with E-state index in [2.05, 4.69) is 5.43 Å². The first-order valence-electron chi connectivity index (χ1n) is 9.93. The predicted molar refractivity (Wildman–Crippen MR) is 120 cm³/mol. The Bertz CT molecular complexity index is 1240. The van der Waals surface area contributed by atoms with E-state index in [1.165, 1.54) is 0 Å². The Morgan fingerprint density at radius 1 is 0.935 bits per heavy atom. The zero-order valence-electron chi connectivity index (χ0n) is 17.0. The minimum atomic E-state index is -0.890. The standard InChI is InChI=1S/C25H22N2O4/c1-31-20-13-9-18(10-14-20)23-15-11-19(12-16-24(28)29)27(23)26-25(30)22-8-4-6-17-5-2-3-7-21(17)22/h2-11,13-15H,12,16H2,1H3,(H,26,30)(H,28,29). The average molecular weight is 414 g/mol. The molecule has 1 amide bonds. The van der Waals surface area contributed by atoms with Gasteiger partial charge in [0.05, 0.1) is 19.2 Å². The third-order valence-corrected chi connectivity index (χ3v) is 5.19. The second-order valence-corrected chi connectivity index (χ2v) is 7.14. The van der Waals surface area contributed by atoms with Gasteiger partial charge in [-0.05, 0) is 53.2 Å². The molecule has 31 heavy (non-hydrogen) atoms. The van der Waals surface area contributed by atoms with E-state index < -0.39 is 5.97 Å². The summed E-state index contributed by atoms with van der Waals surface area (Å²) >= 11 is 0. The van der Waals surface area contributed by atoms with Crippen LogP contribution >= 0.6 is 0 Å². The fourth-order valence-electron chi connectivity index (χ4n) is 3.61. The van der Waals surface area contributed by atoms with Gasteiger partial charge in [-0.3, -0.25) is 19.7 Å². The fraction of sp³-hybridized carbons (Fsp3) is 0.120. The van der Waals surface area contributed by atoms with Crippen molar-refractivity contribution in [1.29, 1.82) is 0 Å². The lowest BCUT2D eigenvalue weighted by Crippen LogP contribution is -2.25. The Morgan fingerprint density at radius 2 is 1.68 bits per heavy atom. The van der Waals surface area contributed by atoms with Crippen molar-refractivity contribution in [2.75, 3.05) is 12.5 Å². The molecule has 0 unspecified atom stereocenters. The molecule has 0 aliphatic carbocycles. The third-order valence-electron chi connectivity index (χ3n) is 5.19. The average Bonchev–Trinajstić information content (AvgIpc) is 3.19. The number of nitrogens with one attached hydrogen (secondary N) is 1. The summed E-state index contributed by atoms with van der Waals surface area (Å²) < 4.78 is 6.90. The molecule has 0 fully saturated rings. The summed E-state index contributed by atoms with van der Waals surface area (Å²) in [5.41, 5.74) is 5.87. The van der Waals surface area contributed by atoms with Crippen LogP contribution in [0.4, 0.5) is 0 Å². The molecule has 0 aliphatic heterocycles. The maximum absolute atomic E-state index is 13.2. The number of nitrogens with zero attached hydrogens (tertiary/aromatic N) is 1. The second kappa shape index (κ2) is 8.75. The van der Waals surface area contributed by atoms with Crippen LogP contribution in [0.2, 0.25) is 0 Å². The molecule has 4 aromatic rings. The molecule has 6 heteroatoms. The lowest BCUT2D eigenvalue weighted by molar-refractivity contribution is -0.136. The number of methoxy groups -OCH3 is 1. The van der Waals surface area contributed by atoms with Crippen LogP contribution in [0.1, 0.15) is 22.5 Å². The maximum atomic E-state index is 13.2. The lowest BCUT2D eigenvalue weighted by atomic mass is 10.0. The number of hydrogen-bond acceptors (Lipinski definition) is 3. The molecule has 3 aromatic carbocycles. The number of ether oxygens (including phenoxy) is 1. The Morgan fingerprint density at radius 3 is 2.42 bits per heavy atom. The molecule has 0 aliphatic rings.